The number of nitrogens with two attached hydrogens (primary N) is 1. The zero-order valence-electron chi connectivity index (χ0n) is 9.84. The van der Waals surface area contributed by atoms with Crippen molar-refractivity contribution in [3.63, 3.8) is 0 Å². The van der Waals surface area contributed by atoms with Gasteiger partial charge >= 0.3 is 0 Å². The van der Waals surface area contributed by atoms with Crippen LogP contribution in [0.15, 0.2) is 0 Å². The summed E-state index contributed by atoms with van der Waals surface area (Å²) in [7, 11) is 0. The average molecular weight is 198 g/mol. The van der Waals surface area contributed by atoms with Crippen molar-refractivity contribution in [1.82, 2.24) is 4.90 Å². The third kappa shape index (κ3) is 2.96. The Labute approximate surface area is 88.8 Å². The topological polar surface area (TPSA) is 29.3 Å². The van der Waals surface area contributed by atoms with Crippen molar-refractivity contribution in [3.8, 4) is 0 Å². The SMILES string of the molecule is CCCN(CCC)C(CN)C1CCC1. The van der Waals surface area contributed by atoms with E-state index in [2.05, 4.69) is 18.7 Å². The summed E-state index contributed by atoms with van der Waals surface area (Å²) in [5.74, 6) is 0.901. The molecule has 1 unspecified atom stereocenters. The zero-order valence-corrected chi connectivity index (χ0v) is 9.84. The second kappa shape index (κ2) is 6.41. The summed E-state index contributed by atoms with van der Waals surface area (Å²) in [4.78, 5) is 2.61. The first-order valence-electron chi connectivity index (χ1n) is 6.27. The number of rotatable bonds is 7. The molecule has 14 heavy (non-hydrogen) atoms. The number of hydrogen-bond acceptors (Lipinski definition) is 2. The average Bonchev–Trinajstić information content (AvgIpc) is 2.10. The number of nitrogens with zero attached hydrogens (tertiary/aromatic N) is 1. The van der Waals surface area contributed by atoms with E-state index in [0.717, 1.165) is 12.5 Å². The van der Waals surface area contributed by atoms with Gasteiger partial charge in [0.2, 0.25) is 0 Å². The molecule has 0 heterocycles. The zero-order chi connectivity index (χ0) is 10.4. The molecule has 84 valence electrons. The largest absolute Gasteiger partial charge is 0.329 e. The first-order valence-corrected chi connectivity index (χ1v) is 6.27. The Morgan fingerprint density at radius 1 is 1.21 bits per heavy atom. The third-order valence-corrected chi connectivity index (χ3v) is 3.43. The van der Waals surface area contributed by atoms with Crippen LogP contribution in [0, 0.1) is 5.92 Å². The highest BCUT2D eigenvalue weighted by Gasteiger charge is 2.29. The summed E-state index contributed by atoms with van der Waals surface area (Å²) in [6.45, 7) is 7.83. The molecule has 0 amide bonds. The van der Waals surface area contributed by atoms with Crippen molar-refractivity contribution in [3.05, 3.63) is 0 Å². The molecule has 1 aliphatic carbocycles. The molecule has 2 nitrogen and oxygen atoms in total. The van der Waals surface area contributed by atoms with Crippen LogP contribution >= 0.6 is 0 Å². The van der Waals surface area contributed by atoms with E-state index in [1.54, 1.807) is 0 Å². The highest BCUT2D eigenvalue weighted by Crippen LogP contribution is 2.31. The normalized spacial score (nSPS) is 19.7. The molecule has 0 saturated heterocycles. The molecular weight excluding hydrogens is 172 g/mol. The van der Waals surface area contributed by atoms with Gasteiger partial charge in [-0.3, -0.25) is 4.90 Å². The standard InChI is InChI=1S/C12H26N2/c1-3-8-14(9-4-2)12(10-13)11-6-5-7-11/h11-12H,3-10,13H2,1-2H3. The minimum Gasteiger partial charge on any atom is -0.329 e. The molecule has 0 aliphatic heterocycles. The Morgan fingerprint density at radius 2 is 1.79 bits per heavy atom. The van der Waals surface area contributed by atoms with Crippen LogP contribution in [-0.4, -0.2) is 30.6 Å². The van der Waals surface area contributed by atoms with Crippen LogP contribution in [0.3, 0.4) is 0 Å². The summed E-state index contributed by atoms with van der Waals surface area (Å²) < 4.78 is 0. The Bertz CT molecular complexity index is 137. The van der Waals surface area contributed by atoms with Gasteiger partial charge in [0.05, 0.1) is 0 Å². The summed E-state index contributed by atoms with van der Waals surface area (Å²) >= 11 is 0. The molecule has 1 rings (SSSR count). The Kier molecular flexibility index (Phi) is 5.49. The van der Waals surface area contributed by atoms with Crippen LogP contribution in [0.4, 0.5) is 0 Å². The predicted molar refractivity (Wildman–Crippen MR) is 62.3 cm³/mol. The molecule has 2 heteroatoms. The highest BCUT2D eigenvalue weighted by molar-refractivity contribution is 4.85. The fourth-order valence-corrected chi connectivity index (χ4v) is 2.48. The molecule has 2 N–H and O–H groups in total. The van der Waals surface area contributed by atoms with Crippen molar-refractivity contribution >= 4 is 0 Å². The second-order valence-electron chi connectivity index (χ2n) is 4.53. The van der Waals surface area contributed by atoms with Gasteiger partial charge in [0.15, 0.2) is 0 Å². The van der Waals surface area contributed by atoms with E-state index in [4.69, 9.17) is 5.73 Å². The minimum atomic E-state index is 0.670. The van der Waals surface area contributed by atoms with Crippen LogP contribution in [0.25, 0.3) is 0 Å². The predicted octanol–water partition coefficient (Wildman–Crippen LogP) is 2.24. The third-order valence-electron chi connectivity index (χ3n) is 3.43. The van der Waals surface area contributed by atoms with Crippen LogP contribution in [0.2, 0.25) is 0 Å². The van der Waals surface area contributed by atoms with Gasteiger partial charge in [-0.15, -0.1) is 0 Å². The van der Waals surface area contributed by atoms with Crippen molar-refractivity contribution < 1.29 is 0 Å². The first-order chi connectivity index (χ1) is 6.83. The van der Waals surface area contributed by atoms with Crippen LogP contribution in [0.5, 0.6) is 0 Å². The minimum absolute atomic E-state index is 0.670. The van der Waals surface area contributed by atoms with Gasteiger partial charge in [0.1, 0.15) is 0 Å². The van der Waals surface area contributed by atoms with Gasteiger partial charge in [-0.25, -0.2) is 0 Å². The van der Waals surface area contributed by atoms with Crippen LogP contribution in [-0.2, 0) is 0 Å². The summed E-state index contributed by atoms with van der Waals surface area (Å²) in [5.41, 5.74) is 5.90. The molecule has 0 spiro atoms. The molecule has 0 radical (unpaired) electrons. The highest BCUT2D eigenvalue weighted by atomic mass is 15.2. The van der Waals surface area contributed by atoms with Gasteiger partial charge in [0, 0.05) is 12.6 Å². The first kappa shape index (κ1) is 12.0. The van der Waals surface area contributed by atoms with Gasteiger partial charge in [0.25, 0.3) is 0 Å². The quantitative estimate of drug-likeness (QED) is 0.680. The van der Waals surface area contributed by atoms with E-state index >= 15 is 0 Å². The summed E-state index contributed by atoms with van der Waals surface area (Å²) in [5, 5.41) is 0. The Balaban J connectivity index is 2.43. The number of hydrogen-bond donors (Lipinski definition) is 1. The molecule has 1 fully saturated rings. The lowest BCUT2D eigenvalue weighted by Crippen LogP contribution is -2.48. The maximum absolute atomic E-state index is 5.90. The van der Waals surface area contributed by atoms with E-state index in [1.165, 1.54) is 45.2 Å². The molecule has 0 aromatic carbocycles. The van der Waals surface area contributed by atoms with E-state index in [0.29, 0.717) is 6.04 Å². The second-order valence-corrected chi connectivity index (χ2v) is 4.53. The van der Waals surface area contributed by atoms with Gasteiger partial charge < -0.3 is 5.73 Å². The monoisotopic (exact) mass is 198 g/mol. The Hall–Kier alpha value is -0.0800. The Morgan fingerprint density at radius 3 is 2.07 bits per heavy atom. The van der Waals surface area contributed by atoms with Crippen LogP contribution < -0.4 is 5.73 Å². The van der Waals surface area contributed by atoms with E-state index in [1.807, 2.05) is 0 Å². The lowest BCUT2D eigenvalue weighted by Gasteiger charge is -2.40. The lowest BCUT2D eigenvalue weighted by molar-refractivity contribution is 0.100. The van der Waals surface area contributed by atoms with E-state index in [-0.39, 0.29) is 0 Å². The fourth-order valence-electron chi connectivity index (χ4n) is 2.48. The summed E-state index contributed by atoms with van der Waals surface area (Å²) in [6.07, 6.45) is 6.75. The molecule has 0 aromatic heterocycles. The van der Waals surface area contributed by atoms with Gasteiger partial charge in [-0.2, -0.15) is 0 Å². The fraction of sp³-hybridized carbons (Fsp3) is 1.00. The van der Waals surface area contributed by atoms with E-state index < -0.39 is 0 Å². The van der Waals surface area contributed by atoms with Gasteiger partial charge in [-0.05, 0) is 44.7 Å². The van der Waals surface area contributed by atoms with Crippen molar-refractivity contribution in [2.24, 2.45) is 11.7 Å². The molecular formula is C12H26N2. The van der Waals surface area contributed by atoms with Crippen molar-refractivity contribution in [2.75, 3.05) is 19.6 Å². The molecule has 1 aliphatic rings. The molecule has 0 bridgehead atoms. The van der Waals surface area contributed by atoms with E-state index in [9.17, 15) is 0 Å². The molecule has 0 aromatic rings. The summed E-state index contributed by atoms with van der Waals surface area (Å²) in [6, 6.07) is 0.670. The maximum Gasteiger partial charge on any atom is 0.0246 e. The van der Waals surface area contributed by atoms with Crippen molar-refractivity contribution in [2.45, 2.75) is 52.0 Å². The van der Waals surface area contributed by atoms with Gasteiger partial charge in [-0.1, -0.05) is 20.3 Å². The maximum atomic E-state index is 5.90. The molecule has 1 saturated carbocycles. The van der Waals surface area contributed by atoms with Crippen LogP contribution in [0.1, 0.15) is 46.0 Å². The molecule has 1 atom stereocenters. The smallest absolute Gasteiger partial charge is 0.0246 e. The van der Waals surface area contributed by atoms with Crippen molar-refractivity contribution in [1.29, 1.82) is 0 Å². The lowest BCUT2D eigenvalue weighted by atomic mass is 9.79.